The lowest BCUT2D eigenvalue weighted by atomic mass is 10.2. The lowest BCUT2D eigenvalue weighted by Gasteiger charge is -2.03. The van der Waals surface area contributed by atoms with E-state index in [-0.39, 0.29) is 0 Å². The van der Waals surface area contributed by atoms with Crippen LogP contribution >= 0.6 is 11.6 Å². The molecule has 68 valence electrons. The Labute approximate surface area is 80.4 Å². The first-order valence-electron chi connectivity index (χ1n) is 3.83. The van der Waals surface area contributed by atoms with Crippen LogP contribution in [0.3, 0.4) is 0 Å². The van der Waals surface area contributed by atoms with Crippen molar-refractivity contribution in [3.8, 4) is 5.75 Å². The van der Waals surface area contributed by atoms with Crippen molar-refractivity contribution in [3.63, 3.8) is 0 Å². The van der Waals surface area contributed by atoms with Crippen molar-refractivity contribution >= 4 is 28.2 Å². The first-order chi connectivity index (χ1) is 6.24. The van der Waals surface area contributed by atoms with E-state index in [2.05, 4.69) is 4.98 Å². The van der Waals surface area contributed by atoms with Crippen LogP contribution in [-0.2, 0) is 0 Å². The van der Waals surface area contributed by atoms with Crippen molar-refractivity contribution in [3.05, 3.63) is 23.4 Å². The van der Waals surface area contributed by atoms with Crippen LogP contribution < -0.4 is 10.5 Å². The van der Waals surface area contributed by atoms with Crippen LogP contribution in [0.5, 0.6) is 5.75 Å². The van der Waals surface area contributed by atoms with E-state index in [4.69, 9.17) is 22.1 Å². The number of rotatable bonds is 1. The van der Waals surface area contributed by atoms with Crippen molar-refractivity contribution in [2.75, 3.05) is 12.8 Å². The average Bonchev–Trinajstić information content (AvgIpc) is 2.49. The summed E-state index contributed by atoms with van der Waals surface area (Å²) in [5.74, 6) is 0.639. The molecule has 0 bridgehead atoms. The number of nitrogen functional groups attached to an aromatic ring is 1. The van der Waals surface area contributed by atoms with E-state index in [9.17, 15) is 0 Å². The van der Waals surface area contributed by atoms with Crippen LogP contribution in [0.25, 0.3) is 10.9 Å². The number of hydrogen-bond acceptors (Lipinski definition) is 2. The Bertz CT molecular complexity index is 450. The number of methoxy groups -OCH3 is 1. The van der Waals surface area contributed by atoms with Gasteiger partial charge in [-0.1, -0.05) is 11.6 Å². The van der Waals surface area contributed by atoms with Crippen molar-refractivity contribution in [2.45, 2.75) is 0 Å². The summed E-state index contributed by atoms with van der Waals surface area (Å²) in [6.07, 6.45) is 1.72. The Kier molecular flexibility index (Phi) is 1.81. The Hall–Kier alpha value is -1.35. The van der Waals surface area contributed by atoms with Crippen LogP contribution in [0.1, 0.15) is 0 Å². The quantitative estimate of drug-likeness (QED) is 0.736. The monoisotopic (exact) mass is 196 g/mol. The molecule has 0 aliphatic heterocycles. The van der Waals surface area contributed by atoms with Crippen LogP contribution in [-0.4, -0.2) is 12.1 Å². The maximum absolute atomic E-state index is 6.06. The fourth-order valence-corrected chi connectivity index (χ4v) is 1.70. The second-order valence-corrected chi connectivity index (χ2v) is 3.13. The van der Waals surface area contributed by atoms with Gasteiger partial charge in [-0.15, -0.1) is 0 Å². The molecule has 1 heterocycles. The largest absolute Gasteiger partial charge is 0.495 e. The number of halogens is 1. The molecule has 0 amide bonds. The lowest BCUT2D eigenvalue weighted by molar-refractivity contribution is 0.415. The highest BCUT2D eigenvalue weighted by Gasteiger charge is 2.09. The van der Waals surface area contributed by atoms with Gasteiger partial charge in [0.15, 0.2) is 0 Å². The molecule has 0 fully saturated rings. The maximum atomic E-state index is 6.06. The number of H-pyrrole nitrogens is 1. The van der Waals surface area contributed by atoms with E-state index in [0.29, 0.717) is 16.5 Å². The van der Waals surface area contributed by atoms with Gasteiger partial charge in [-0.3, -0.25) is 0 Å². The highest BCUT2D eigenvalue weighted by molar-refractivity contribution is 6.38. The number of nitrogens with one attached hydrogen (secondary N) is 1. The minimum atomic E-state index is 0.554. The van der Waals surface area contributed by atoms with Crippen molar-refractivity contribution in [1.82, 2.24) is 4.98 Å². The number of nitrogens with two attached hydrogens (primary N) is 1. The third-order valence-electron chi connectivity index (χ3n) is 2.00. The number of benzene rings is 1. The molecule has 0 spiro atoms. The first kappa shape index (κ1) is 8.26. The summed E-state index contributed by atoms with van der Waals surface area (Å²) in [6.45, 7) is 0. The van der Waals surface area contributed by atoms with Gasteiger partial charge in [0.2, 0.25) is 0 Å². The molecule has 1 aromatic carbocycles. The van der Waals surface area contributed by atoms with Gasteiger partial charge in [0, 0.05) is 17.1 Å². The smallest absolute Gasteiger partial charge is 0.138 e. The summed E-state index contributed by atoms with van der Waals surface area (Å²) >= 11 is 6.06. The Morgan fingerprint density at radius 3 is 2.92 bits per heavy atom. The first-order valence-corrected chi connectivity index (χ1v) is 4.21. The minimum Gasteiger partial charge on any atom is -0.495 e. The third kappa shape index (κ3) is 1.12. The molecule has 2 rings (SSSR count). The average molecular weight is 197 g/mol. The van der Waals surface area contributed by atoms with Gasteiger partial charge in [-0.2, -0.15) is 0 Å². The molecule has 0 saturated heterocycles. The fraction of sp³-hybridized carbons (Fsp3) is 0.111. The van der Waals surface area contributed by atoms with Gasteiger partial charge in [-0.05, 0) is 12.1 Å². The van der Waals surface area contributed by atoms with Crippen molar-refractivity contribution in [2.24, 2.45) is 0 Å². The molecule has 13 heavy (non-hydrogen) atoms. The number of aromatic amines is 1. The number of ether oxygens (including phenoxy) is 1. The molecular weight excluding hydrogens is 188 g/mol. The van der Waals surface area contributed by atoms with E-state index < -0.39 is 0 Å². The molecule has 3 N–H and O–H groups in total. The van der Waals surface area contributed by atoms with E-state index in [1.807, 2.05) is 6.07 Å². The fourth-order valence-electron chi connectivity index (χ4n) is 1.34. The van der Waals surface area contributed by atoms with Crippen LogP contribution in [0.15, 0.2) is 18.3 Å². The number of hydrogen-bond donors (Lipinski definition) is 2. The van der Waals surface area contributed by atoms with E-state index in [0.717, 1.165) is 10.9 Å². The molecular formula is C9H9ClN2O. The summed E-state index contributed by atoms with van der Waals surface area (Å²) < 4.78 is 5.08. The van der Waals surface area contributed by atoms with Gasteiger partial charge in [0.05, 0.1) is 17.8 Å². The summed E-state index contributed by atoms with van der Waals surface area (Å²) in [7, 11) is 1.58. The summed E-state index contributed by atoms with van der Waals surface area (Å²) in [5, 5.41) is 1.37. The van der Waals surface area contributed by atoms with Gasteiger partial charge in [0.1, 0.15) is 5.75 Å². The standard InChI is InChI=1S/C9H9ClN2O/c1-13-7-3-2-6-8(9(7)10)5(11)4-12-6/h2-4,12H,11H2,1H3. The van der Waals surface area contributed by atoms with E-state index >= 15 is 0 Å². The second-order valence-electron chi connectivity index (χ2n) is 2.75. The van der Waals surface area contributed by atoms with E-state index in [1.54, 1.807) is 19.4 Å². The molecule has 0 radical (unpaired) electrons. The summed E-state index contributed by atoms with van der Waals surface area (Å²) in [5.41, 5.74) is 7.29. The Balaban J connectivity index is 2.83. The number of aromatic nitrogens is 1. The highest BCUT2D eigenvalue weighted by Crippen LogP contribution is 2.35. The van der Waals surface area contributed by atoms with Crippen LogP contribution in [0, 0.1) is 0 Å². The Morgan fingerprint density at radius 1 is 1.46 bits per heavy atom. The molecule has 0 aliphatic rings. The zero-order chi connectivity index (χ0) is 9.42. The van der Waals surface area contributed by atoms with Gasteiger partial charge in [-0.25, -0.2) is 0 Å². The second kappa shape index (κ2) is 2.85. The summed E-state index contributed by atoms with van der Waals surface area (Å²) in [4.78, 5) is 3.01. The van der Waals surface area contributed by atoms with Gasteiger partial charge >= 0.3 is 0 Å². The van der Waals surface area contributed by atoms with Gasteiger partial charge in [0.25, 0.3) is 0 Å². The van der Waals surface area contributed by atoms with E-state index in [1.165, 1.54) is 0 Å². The third-order valence-corrected chi connectivity index (χ3v) is 2.37. The SMILES string of the molecule is COc1ccc2[nH]cc(N)c2c1Cl. The maximum Gasteiger partial charge on any atom is 0.138 e. The van der Waals surface area contributed by atoms with Gasteiger partial charge < -0.3 is 15.5 Å². The molecule has 1 aromatic heterocycles. The molecule has 0 aliphatic carbocycles. The lowest BCUT2D eigenvalue weighted by Crippen LogP contribution is -1.86. The minimum absolute atomic E-state index is 0.554. The molecule has 3 nitrogen and oxygen atoms in total. The number of fused-ring (bicyclic) bond motifs is 1. The Morgan fingerprint density at radius 2 is 2.23 bits per heavy atom. The van der Waals surface area contributed by atoms with Crippen LogP contribution in [0.4, 0.5) is 5.69 Å². The van der Waals surface area contributed by atoms with Crippen molar-refractivity contribution in [1.29, 1.82) is 0 Å². The van der Waals surface area contributed by atoms with Crippen molar-refractivity contribution < 1.29 is 4.74 Å². The number of anilines is 1. The zero-order valence-electron chi connectivity index (χ0n) is 7.10. The molecule has 0 unspecified atom stereocenters. The molecule has 0 atom stereocenters. The molecule has 4 heteroatoms. The predicted molar refractivity (Wildman–Crippen MR) is 54.3 cm³/mol. The molecule has 0 saturated carbocycles. The summed E-state index contributed by atoms with van der Waals surface area (Å²) in [6, 6.07) is 3.69. The predicted octanol–water partition coefficient (Wildman–Crippen LogP) is 2.41. The highest BCUT2D eigenvalue weighted by atomic mass is 35.5. The van der Waals surface area contributed by atoms with Crippen LogP contribution in [0.2, 0.25) is 5.02 Å². The normalized spacial score (nSPS) is 10.6. The zero-order valence-corrected chi connectivity index (χ0v) is 7.85. The topological polar surface area (TPSA) is 51.0 Å². The molecule has 2 aromatic rings.